The predicted octanol–water partition coefficient (Wildman–Crippen LogP) is 2.84. The van der Waals surface area contributed by atoms with Gasteiger partial charge in [-0.15, -0.1) is 0 Å². The van der Waals surface area contributed by atoms with Crippen LogP contribution in [0.5, 0.6) is 0 Å². The molecule has 0 aliphatic carbocycles. The molecule has 0 aliphatic heterocycles. The summed E-state index contributed by atoms with van der Waals surface area (Å²) in [4.78, 5) is 7.98. The zero-order valence-electron chi connectivity index (χ0n) is 6.91. The van der Waals surface area contributed by atoms with E-state index in [1.165, 1.54) is 6.33 Å². The van der Waals surface area contributed by atoms with Crippen LogP contribution in [-0.4, -0.2) is 14.5 Å². The van der Waals surface area contributed by atoms with Crippen LogP contribution in [-0.2, 0) is 0 Å². The summed E-state index contributed by atoms with van der Waals surface area (Å²) in [6.07, 6.45) is 3.28. The fraction of sp³-hybridized carbons (Fsp3) is 0.250. The van der Waals surface area contributed by atoms with Crippen LogP contribution in [0.1, 0.15) is 12.4 Å². The third-order valence-electron chi connectivity index (χ3n) is 1.84. The molecule has 0 amide bonds. The summed E-state index contributed by atoms with van der Waals surface area (Å²) in [6, 6.07) is 1.86. The topological polar surface area (TPSA) is 30.7 Å². The van der Waals surface area contributed by atoms with Crippen molar-refractivity contribution in [3.8, 4) is 0 Å². The fourth-order valence-corrected chi connectivity index (χ4v) is 1.58. The van der Waals surface area contributed by atoms with Crippen molar-refractivity contribution in [3.05, 3.63) is 23.7 Å². The first kappa shape index (κ1) is 8.78. The molecule has 2 rings (SSSR count). The molecule has 2 aromatic rings. The van der Waals surface area contributed by atoms with Gasteiger partial charge in [0.15, 0.2) is 0 Å². The second-order valence-corrected chi connectivity index (χ2v) is 3.69. The molecule has 1 atom stereocenters. The molecule has 0 saturated heterocycles. The molecule has 1 unspecified atom stereocenters. The Hall–Kier alpha value is -0.800. The maximum atomic E-state index is 5.94. The quantitative estimate of drug-likeness (QED) is 0.542. The highest BCUT2D eigenvalue weighted by atomic mass is 35.5. The fourth-order valence-electron chi connectivity index (χ4n) is 1.23. The van der Waals surface area contributed by atoms with Gasteiger partial charge in [-0.05, 0) is 13.0 Å². The Kier molecular flexibility index (Phi) is 2.14. The number of hydrogen-bond donors (Lipinski definition) is 0. The largest absolute Gasteiger partial charge is 0.316 e. The maximum absolute atomic E-state index is 5.94. The van der Waals surface area contributed by atoms with Gasteiger partial charge in [-0.25, -0.2) is 9.97 Å². The summed E-state index contributed by atoms with van der Waals surface area (Å²) in [5.74, 6) is 0. The van der Waals surface area contributed by atoms with Crippen LogP contribution >= 0.6 is 23.2 Å². The summed E-state index contributed by atoms with van der Waals surface area (Å²) in [7, 11) is 0. The van der Waals surface area contributed by atoms with Crippen molar-refractivity contribution in [1.29, 1.82) is 0 Å². The SMILES string of the molecule is CC(Cl)n1ccc2c(Cl)ncnc21. The average molecular weight is 216 g/mol. The molecule has 5 heteroatoms. The van der Waals surface area contributed by atoms with Crippen molar-refractivity contribution in [2.75, 3.05) is 0 Å². The van der Waals surface area contributed by atoms with E-state index in [-0.39, 0.29) is 5.50 Å². The van der Waals surface area contributed by atoms with Crippen LogP contribution in [0.3, 0.4) is 0 Å². The number of aromatic nitrogens is 3. The molecule has 0 N–H and O–H groups in total. The second-order valence-electron chi connectivity index (χ2n) is 2.70. The van der Waals surface area contributed by atoms with Gasteiger partial charge in [0.25, 0.3) is 0 Å². The van der Waals surface area contributed by atoms with Crippen molar-refractivity contribution >= 4 is 34.2 Å². The molecule has 0 aliphatic rings. The molecular formula is C8H7Cl2N3. The van der Waals surface area contributed by atoms with Crippen molar-refractivity contribution in [2.45, 2.75) is 12.4 Å². The van der Waals surface area contributed by atoms with Gasteiger partial charge in [-0.3, -0.25) is 0 Å². The molecule has 13 heavy (non-hydrogen) atoms. The van der Waals surface area contributed by atoms with E-state index in [1.54, 1.807) is 0 Å². The Labute approximate surface area is 85.3 Å². The molecule has 68 valence electrons. The van der Waals surface area contributed by atoms with Crippen LogP contribution in [0.4, 0.5) is 0 Å². The van der Waals surface area contributed by atoms with Crippen LogP contribution in [0, 0.1) is 0 Å². The Bertz CT molecular complexity index is 436. The highest BCUT2D eigenvalue weighted by Crippen LogP contribution is 2.24. The molecular weight excluding hydrogens is 209 g/mol. The molecule has 0 saturated carbocycles. The number of fused-ring (bicyclic) bond motifs is 1. The highest BCUT2D eigenvalue weighted by Gasteiger charge is 2.08. The lowest BCUT2D eigenvalue weighted by Gasteiger charge is -2.05. The molecule has 2 heterocycles. The van der Waals surface area contributed by atoms with Gasteiger partial charge in [0, 0.05) is 6.20 Å². The van der Waals surface area contributed by atoms with E-state index in [1.807, 2.05) is 23.8 Å². The molecule has 3 nitrogen and oxygen atoms in total. The minimum Gasteiger partial charge on any atom is -0.316 e. The highest BCUT2D eigenvalue weighted by molar-refractivity contribution is 6.34. The Morgan fingerprint density at radius 1 is 1.46 bits per heavy atom. The lowest BCUT2D eigenvalue weighted by molar-refractivity contribution is 0.751. The molecule has 0 radical (unpaired) electrons. The normalized spacial score (nSPS) is 13.5. The number of halogens is 2. The van der Waals surface area contributed by atoms with E-state index in [9.17, 15) is 0 Å². The zero-order valence-corrected chi connectivity index (χ0v) is 8.42. The minimum absolute atomic E-state index is 0.136. The average Bonchev–Trinajstić information content (AvgIpc) is 2.48. The Balaban J connectivity index is 2.75. The first-order valence-corrected chi connectivity index (χ1v) is 4.62. The summed E-state index contributed by atoms with van der Waals surface area (Å²) in [5, 5.41) is 1.29. The number of nitrogens with zero attached hydrogens (tertiary/aromatic N) is 3. The van der Waals surface area contributed by atoms with Crippen molar-refractivity contribution in [1.82, 2.24) is 14.5 Å². The van der Waals surface area contributed by atoms with Crippen LogP contribution in [0.25, 0.3) is 11.0 Å². The molecule has 0 fully saturated rings. The van der Waals surface area contributed by atoms with Gasteiger partial charge in [0.2, 0.25) is 0 Å². The van der Waals surface area contributed by atoms with Crippen LogP contribution in [0.2, 0.25) is 5.15 Å². The standard InChI is InChI=1S/C8H7Cl2N3/c1-5(9)13-3-2-6-7(10)11-4-12-8(6)13/h2-5H,1H3. The van der Waals surface area contributed by atoms with Gasteiger partial charge >= 0.3 is 0 Å². The van der Waals surface area contributed by atoms with E-state index in [0.717, 1.165) is 11.0 Å². The summed E-state index contributed by atoms with van der Waals surface area (Å²) in [5.41, 5.74) is 0.631. The van der Waals surface area contributed by atoms with Crippen molar-refractivity contribution in [3.63, 3.8) is 0 Å². The molecule has 0 bridgehead atoms. The van der Waals surface area contributed by atoms with E-state index in [2.05, 4.69) is 9.97 Å². The van der Waals surface area contributed by atoms with Crippen molar-refractivity contribution in [2.24, 2.45) is 0 Å². The number of alkyl halides is 1. The first-order chi connectivity index (χ1) is 6.20. The summed E-state index contributed by atoms with van der Waals surface area (Å²) >= 11 is 11.8. The predicted molar refractivity (Wildman–Crippen MR) is 53.1 cm³/mol. The first-order valence-electron chi connectivity index (χ1n) is 3.81. The zero-order chi connectivity index (χ0) is 9.42. The molecule has 0 spiro atoms. The molecule has 0 aromatic carbocycles. The maximum Gasteiger partial charge on any atom is 0.146 e. The second kappa shape index (κ2) is 3.16. The van der Waals surface area contributed by atoms with Gasteiger partial charge in [-0.2, -0.15) is 0 Å². The van der Waals surface area contributed by atoms with Gasteiger partial charge in [0.1, 0.15) is 22.6 Å². The lowest BCUT2D eigenvalue weighted by atomic mass is 10.4. The number of rotatable bonds is 1. The molecule has 2 aromatic heterocycles. The third-order valence-corrected chi connectivity index (χ3v) is 2.36. The van der Waals surface area contributed by atoms with E-state index in [4.69, 9.17) is 23.2 Å². The van der Waals surface area contributed by atoms with E-state index in [0.29, 0.717) is 5.15 Å². The Morgan fingerprint density at radius 3 is 2.92 bits per heavy atom. The van der Waals surface area contributed by atoms with Gasteiger partial charge in [0.05, 0.1) is 5.39 Å². The minimum atomic E-state index is -0.136. The monoisotopic (exact) mass is 215 g/mol. The number of hydrogen-bond acceptors (Lipinski definition) is 2. The smallest absolute Gasteiger partial charge is 0.146 e. The Morgan fingerprint density at radius 2 is 2.23 bits per heavy atom. The van der Waals surface area contributed by atoms with E-state index >= 15 is 0 Å². The third kappa shape index (κ3) is 1.38. The summed E-state index contributed by atoms with van der Waals surface area (Å²) in [6.45, 7) is 1.87. The lowest BCUT2D eigenvalue weighted by Crippen LogP contribution is -1.97. The van der Waals surface area contributed by atoms with Crippen LogP contribution < -0.4 is 0 Å². The van der Waals surface area contributed by atoms with Gasteiger partial charge in [-0.1, -0.05) is 23.2 Å². The van der Waals surface area contributed by atoms with Gasteiger partial charge < -0.3 is 4.57 Å². The van der Waals surface area contributed by atoms with E-state index < -0.39 is 0 Å². The van der Waals surface area contributed by atoms with Crippen molar-refractivity contribution < 1.29 is 0 Å². The summed E-state index contributed by atoms with van der Waals surface area (Å²) < 4.78 is 1.84. The van der Waals surface area contributed by atoms with Crippen LogP contribution in [0.15, 0.2) is 18.6 Å².